The third-order valence-electron chi connectivity index (χ3n) is 2.06. The fourth-order valence-corrected chi connectivity index (χ4v) is 1.31. The minimum absolute atomic E-state index is 0.0521. The van der Waals surface area contributed by atoms with E-state index in [1.54, 1.807) is 6.92 Å². The Hall–Kier alpha value is -0.610. The zero-order valence-electron chi connectivity index (χ0n) is 7.47. The van der Waals surface area contributed by atoms with Crippen molar-refractivity contribution in [3.8, 4) is 0 Å². The summed E-state index contributed by atoms with van der Waals surface area (Å²) in [6.07, 6.45) is 2.19. The molecule has 4 N–H and O–H groups in total. The lowest BCUT2D eigenvalue weighted by Gasteiger charge is -2.24. The van der Waals surface area contributed by atoms with Gasteiger partial charge in [-0.3, -0.25) is 4.79 Å². The van der Waals surface area contributed by atoms with Crippen LogP contribution in [0.1, 0.15) is 19.8 Å². The number of nitrogens with one attached hydrogen (secondary N) is 2. The highest BCUT2D eigenvalue weighted by atomic mass is 16.2. The third kappa shape index (κ3) is 2.79. The molecule has 4 heteroatoms. The van der Waals surface area contributed by atoms with Crippen LogP contribution < -0.4 is 16.4 Å². The monoisotopic (exact) mass is 171 g/mol. The Labute approximate surface area is 72.9 Å². The van der Waals surface area contributed by atoms with E-state index in [0.29, 0.717) is 0 Å². The fraction of sp³-hybridized carbons (Fsp3) is 0.875. The smallest absolute Gasteiger partial charge is 0.236 e. The molecule has 1 unspecified atom stereocenters. The number of amides is 1. The van der Waals surface area contributed by atoms with Crippen molar-refractivity contribution < 1.29 is 4.79 Å². The van der Waals surface area contributed by atoms with Crippen LogP contribution in [0.3, 0.4) is 0 Å². The van der Waals surface area contributed by atoms with Crippen LogP contribution in [0.4, 0.5) is 0 Å². The van der Waals surface area contributed by atoms with E-state index in [2.05, 4.69) is 10.6 Å². The second kappa shape index (κ2) is 4.42. The summed E-state index contributed by atoms with van der Waals surface area (Å²) in [4.78, 5) is 11.1. The van der Waals surface area contributed by atoms with Crippen LogP contribution in [-0.4, -0.2) is 31.1 Å². The molecule has 1 rings (SSSR count). The molecule has 0 aromatic carbocycles. The number of carbonyl (C=O) groups excluding carboxylic acids is 1. The molecule has 1 amide bonds. The molecule has 0 aromatic heterocycles. The predicted molar refractivity (Wildman–Crippen MR) is 47.7 cm³/mol. The van der Waals surface area contributed by atoms with Crippen molar-refractivity contribution >= 4 is 5.91 Å². The standard InChI is InChI=1S/C8H17N3O/c1-6(9)8(12)11-7-3-2-4-10-5-7/h6-7,10H,2-5,9H2,1H3,(H,11,12)/t6-,7?/m0/s1. The average molecular weight is 171 g/mol. The molecule has 1 aliphatic rings. The van der Waals surface area contributed by atoms with Gasteiger partial charge in [-0.25, -0.2) is 0 Å². The maximum atomic E-state index is 11.1. The van der Waals surface area contributed by atoms with E-state index in [0.717, 1.165) is 25.9 Å². The van der Waals surface area contributed by atoms with Gasteiger partial charge in [-0.2, -0.15) is 0 Å². The van der Waals surface area contributed by atoms with Gasteiger partial charge in [-0.05, 0) is 26.3 Å². The van der Waals surface area contributed by atoms with E-state index < -0.39 is 6.04 Å². The number of hydrogen-bond donors (Lipinski definition) is 3. The molecule has 1 fully saturated rings. The van der Waals surface area contributed by atoms with Gasteiger partial charge in [0.25, 0.3) is 0 Å². The molecule has 2 atom stereocenters. The fourth-order valence-electron chi connectivity index (χ4n) is 1.31. The second-order valence-electron chi connectivity index (χ2n) is 3.34. The molecule has 1 saturated heterocycles. The van der Waals surface area contributed by atoms with Gasteiger partial charge in [-0.15, -0.1) is 0 Å². The van der Waals surface area contributed by atoms with Crippen molar-refractivity contribution in [2.45, 2.75) is 31.8 Å². The molecule has 4 nitrogen and oxygen atoms in total. The summed E-state index contributed by atoms with van der Waals surface area (Å²) in [6, 6.07) is -0.121. The van der Waals surface area contributed by atoms with Crippen molar-refractivity contribution in [2.75, 3.05) is 13.1 Å². The van der Waals surface area contributed by atoms with E-state index in [9.17, 15) is 4.79 Å². The minimum Gasteiger partial charge on any atom is -0.351 e. The Morgan fingerprint density at radius 3 is 3.00 bits per heavy atom. The lowest BCUT2D eigenvalue weighted by Crippen LogP contribution is -2.49. The van der Waals surface area contributed by atoms with Crippen LogP contribution in [0.5, 0.6) is 0 Å². The molecule has 0 bridgehead atoms. The topological polar surface area (TPSA) is 67.2 Å². The summed E-state index contributed by atoms with van der Waals surface area (Å²) in [5.41, 5.74) is 5.42. The molecular formula is C8H17N3O. The lowest BCUT2D eigenvalue weighted by molar-refractivity contribution is -0.122. The zero-order chi connectivity index (χ0) is 8.97. The lowest BCUT2D eigenvalue weighted by atomic mass is 10.1. The van der Waals surface area contributed by atoms with Crippen LogP contribution >= 0.6 is 0 Å². The van der Waals surface area contributed by atoms with Gasteiger partial charge in [0.05, 0.1) is 6.04 Å². The van der Waals surface area contributed by atoms with Crippen LogP contribution in [-0.2, 0) is 4.79 Å². The summed E-state index contributed by atoms with van der Waals surface area (Å²) < 4.78 is 0. The first-order valence-corrected chi connectivity index (χ1v) is 4.47. The van der Waals surface area contributed by atoms with Crippen molar-refractivity contribution in [3.05, 3.63) is 0 Å². The van der Waals surface area contributed by atoms with Gasteiger partial charge < -0.3 is 16.4 Å². The molecule has 0 spiro atoms. The van der Waals surface area contributed by atoms with Gasteiger partial charge in [0.2, 0.25) is 5.91 Å². The Morgan fingerprint density at radius 2 is 2.50 bits per heavy atom. The van der Waals surface area contributed by atoms with Crippen LogP contribution in [0.25, 0.3) is 0 Å². The van der Waals surface area contributed by atoms with Gasteiger partial charge in [0.15, 0.2) is 0 Å². The Morgan fingerprint density at radius 1 is 1.75 bits per heavy atom. The van der Waals surface area contributed by atoms with Gasteiger partial charge >= 0.3 is 0 Å². The van der Waals surface area contributed by atoms with Crippen molar-refractivity contribution in [3.63, 3.8) is 0 Å². The third-order valence-corrected chi connectivity index (χ3v) is 2.06. The molecule has 12 heavy (non-hydrogen) atoms. The SMILES string of the molecule is C[C@H](N)C(=O)NC1CCCNC1. The number of rotatable bonds is 2. The minimum atomic E-state index is -0.396. The first kappa shape index (κ1) is 9.48. The number of nitrogens with two attached hydrogens (primary N) is 1. The normalized spacial score (nSPS) is 26.3. The van der Waals surface area contributed by atoms with Gasteiger partial charge in [0.1, 0.15) is 0 Å². The van der Waals surface area contributed by atoms with Gasteiger partial charge in [-0.1, -0.05) is 0 Å². The molecule has 0 aromatic rings. The second-order valence-corrected chi connectivity index (χ2v) is 3.34. The molecule has 1 aliphatic heterocycles. The number of piperidine rings is 1. The van der Waals surface area contributed by atoms with Crippen molar-refractivity contribution in [1.82, 2.24) is 10.6 Å². The van der Waals surface area contributed by atoms with Gasteiger partial charge in [0, 0.05) is 12.6 Å². The molecule has 70 valence electrons. The first-order valence-electron chi connectivity index (χ1n) is 4.47. The first-order chi connectivity index (χ1) is 5.70. The molecule has 0 radical (unpaired) electrons. The van der Waals surface area contributed by atoms with Crippen LogP contribution in [0, 0.1) is 0 Å². The van der Waals surface area contributed by atoms with Crippen LogP contribution in [0.15, 0.2) is 0 Å². The highest BCUT2D eigenvalue weighted by Gasteiger charge is 2.16. The molecular weight excluding hydrogens is 154 g/mol. The predicted octanol–water partition coefficient (Wildman–Crippen LogP) is -0.798. The van der Waals surface area contributed by atoms with E-state index >= 15 is 0 Å². The van der Waals surface area contributed by atoms with E-state index in [1.165, 1.54) is 0 Å². The maximum absolute atomic E-state index is 11.1. The number of hydrogen-bond acceptors (Lipinski definition) is 3. The van der Waals surface area contributed by atoms with E-state index in [1.807, 2.05) is 0 Å². The van der Waals surface area contributed by atoms with E-state index in [4.69, 9.17) is 5.73 Å². The summed E-state index contributed by atoms with van der Waals surface area (Å²) in [5, 5.41) is 6.12. The quantitative estimate of drug-likeness (QED) is 0.509. The van der Waals surface area contributed by atoms with E-state index in [-0.39, 0.29) is 11.9 Å². The summed E-state index contributed by atoms with van der Waals surface area (Å²) in [5.74, 6) is -0.0521. The molecule has 0 aliphatic carbocycles. The largest absolute Gasteiger partial charge is 0.351 e. The Balaban J connectivity index is 2.24. The highest BCUT2D eigenvalue weighted by molar-refractivity contribution is 5.81. The molecule has 0 saturated carbocycles. The van der Waals surface area contributed by atoms with Crippen molar-refractivity contribution in [2.24, 2.45) is 5.73 Å². The average Bonchev–Trinajstić information content (AvgIpc) is 2.06. The zero-order valence-corrected chi connectivity index (χ0v) is 7.47. The molecule has 1 heterocycles. The Kier molecular flexibility index (Phi) is 3.49. The van der Waals surface area contributed by atoms with Crippen molar-refractivity contribution in [1.29, 1.82) is 0 Å². The summed E-state index contributed by atoms with van der Waals surface area (Å²) >= 11 is 0. The highest BCUT2D eigenvalue weighted by Crippen LogP contribution is 2.00. The summed E-state index contributed by atoms with van der Waals surface area (Å²) in [6.45, 7) is 3.63. The summed E-state index contributed by atoms with van der Waals surface area (Å²) in [7, 11) is 0. The number of carbonyl (C=O) groups is 1. The maximum Gasteiger partial charge on any atom is 0.236 e. The Bertz CT molecular complexity index is 152. The van der Waals surface area contributed by atoms with Crippen LogP contribution in [0.2, 0.25) is 0 Å².